The molecule has 1 aliphatic rings. The normalized spacial score (nSPS) is 17.2. The van der Waals surface area contributed by atoms with Crippen LogP contribution in [0.15, 0.2) is 29.2 Å². The summed E-state index contributed by atoms with van der Waals surface area (Å²) in [6, 6.07) is 6.29. The van der Waals surface area contributed by atoms with Gasteiger partial charge in [-0.3, -0.25) is 9.59 Å². The first-order valence-corrected chi connectivity index (χ1v) is 12.7. The summed E-state index contributed by atoms with van der Waals surface area (Å²) in [5.41, 5.74) is 0.530. The van der Waals surface area contributed by atoms with Gasteiger partial charge in [-0.15, -0.1) is 0 Å². The number of likely N-dealkylation sites (tertiary alicyclic amines) is 1. The van der Waals surface area contributed by atoms with Crippen molar-refractivity contribution in [3.05, 3.63) is 24.3 Å². The topological polar surface area (TPSA) is 86.8 Å². The minimum Gasteiger partial charge on any atom is -0.342 e. The second-order valence-corrected chi connectivity index (χ2v) is 11.2. The van der Waals surface area contributed by atoms with Gasteiger partial charge in [-0.25, -0.2) is 8.42 Å². The smallest absolute Gasteiger partial charge is 0.243 e. The van der Waals surface area contributed by atoms with Gasteiger partial charge in [0.15, 0.2) is 0 Å². The molecule has 0 saturated carbocycles. The standard InChI is InChI=1S/C23H37N3O4S/c1-6-7-12-25-16-19(13-22(25)27)23(28)24-20-8-10-21(11-9-20)31(29,30)26(14-17(2)3)15-18(4)5/h8-11,17-19H,6-7,12-16H2,1-5H3,(H,24,28). The van der Waals surface area contributed by atoms with E-state index in [1.54, 1.807) is 17.0 Å². The lowest BCUT2D eigenvalue weighted by atomic mass is 10.1. The lowest BCUT2D eigenvalue weighted by molar-refractivity contribution is -0.128. The summed E-state index contributed by atoms with van der Waals surface area (Å²) in [6.07, 6.45) is 2.16. The maximum atomic E-state index is 13.1. The molecule has 1 N–H and O–H groups in total. The fraction of sp³-hybridized carbons (Fsp3) is 0.652. The van der Waals surface area contributed by atoms with Crippen molar-refractivity contribution >= 4 is 27.5 Å². The highest BCUT2D eigenvalue weighted by Crippen LogP contribution is 2.23. The zero-order valence-corrected chi connectivity index (χ0v) is 20.2. The predicted molar refractivity (Wildman–Crippen MR) is 123 cm³/mol. The zero-order valence-electron chi connectivity index (χ0n) is 19.4. The number of carbonyl (C=O) groups is 2. The van der Waals surface area contributed by atoms with Crippen molar-refractivity contribution in [3.8, 4) is 0 Å². The summed E-state index contributed by atoms with van der Waals surface area (Å²) >= 11 is 0. The van der Waals surface area contributed by atoms with Crippen LogP contribution >= 0.6 is 0 Å². The van der Waals surface area contributed by atoms with Crippen LogP contribution in [0.25, 0.3) is 0 Å². The highest BCUT2D eigenvalue weighted by molar-refractivity contribution is 7.89. The predicted octanol–water partition coefficient (Wildman–Crippen LogP) is 3.58. The molecule has 2 rings (SSSR count). The average molecular weight is 452 g/mol. The highest BCUT2D eigenvalue weighted by atomic mass is 32.2. The average Bonchev–Trinajstić information content (AvgIpc) is 3.06. The Morgan fingerprint density at radius 1 is 1.13 bits per heavy atom. The summed E-state index contributed by atoms with van der Waals surface area (Å²) in [4.78, 5) is 26.7. The van der Waals surface area contributed by atoms with Gasteiger partial charge in [-0.05, 0) is 42.5 Å². The number of nitrogens with one attached hydrogen (secondary N) is 1. The van der Waals surface area contributed by atoms with Gasteiger partial charge in [-0.1, -0.05) is 41.0 Å². The number of benzene rings is 1. The second-order valence-electron chi connectivity index (χ2n) is 9.22. The number of nitrogens with zero attached hydrogens (tertiary/aromatic N) is 2. The van der Waals surface area contributed by atoms with E-state index in [9.17, 15) is 18.0 Å². The Morgan fingerprint density at radius 3 is 2.23 bits per heavy atom. The molecule has 1 fully saturated rings. The maximum absolute atomic E-state index is 13.1. The number of carbonyl (C=O) groups excluding carboxylic acids is 2. The van der Waals surface area contributed by atoms with Crippen LogP contribution in [0.4, 0.5) is 5.69 Å². The van der Waals surface area contributed by atoms with Crippen molar-refractivity contribution in [1.82, 2.24) is 9.21 Å². The first kappa shape index (κ1) is 25.3. The minimum absolute atomic E-state index is 0.0189. The van der Waals surface area contributed by atoms with Crippen molar-refractivity contribution < 1.29 is 18.0 Å². The number of sulfonamides is 1. The highest BCUT2D eigenvalue weighted by Gasteiger charge is 2.34. The molecule has 1 heterocycles. The van der Waals surface area contributed by atoms with E-state index in [0.717, 1.165) is 12.8 Å². The van der Waals surface area contributed by atoms with E-state index in [-0.39, 0.29) is 40.9 Å². The van der Waals surface area contributed by atoms with Crippen LogP contribution in [0.3, 0.4) is 0 Å². The summed E-state index contributed by atoms with van der Waals surface area (Å²) in [5, 5.41) is 2.83. The van der Waals surface area contributed by atoms with Crippen LogP contribution in [-0.2, 0) is 19.6 Å². The summed E-state index contributed by atoms with van der Waals surface area (Å²) in [7, 11) is -3.61. The number of anilines is 1. The first-order chi connectivity index (χ1) is 14.5. The number of unbranched alkanes of at least 4 members (excludes halogenated alkanes) is 1. The lowest BCUT2D eigenvalue weighted by Gasteiger charge is -2.25. The lowest BCUT2D eigenvalue weighted by Crippen LogP contribution is -2.37. The molecule has 31 heavy (non-hydrogen) atoms. The van der Waals surface area contributed by atoms with Crippen molar-refractivity contribution in [3.63, 3.8) is 0 Å². The Hall–Kier alpha value is -1.93. The van der Waals surface area contributed by atoms with Gasteiger partial charge in [0.25, 0.3) is 0 Å². The van der Waals surface area contributed by atoms with Crippen LogP contribution in [-0.4, -0.2) is 55.6 Å². The molecule has 1 aliphatic heterocycles. The van der Waals surface area contributed by atoms with E-state index in [0.29, 0.717) is 31.9 Å². The van der Waals surface area contributed by atoms with Crippen molar-refractivity contribution in [2.45, 2.75) is 58.8 Å². The molecule has 0 bridgehead atoms. The minimum atomic E-state index is -3.61. The van der Waals surface area contributed by atoms with Crippen molar-refractivity contribution in [1.29, 1.82) is 0 Å². The molecule has 7 nitrogen and oxygen atoms in total. The van der Waals surface area contributed by atoms with E-state index in [2.05, 4.69) is 12.2 Å². The molecule has 1 saturated heterocycles. The van der Waals surface area contributed by atoms with Gasteiger partial charge in [0.05, 0.1) is 10.8 Å². The number of amides is 2. The van der Waals surface area contributed by atoms with E-state index < -0.39 is 10.0 Å². The number of hydrogen-bond acceptors (Lipinski definition) is 4. The molecule has 0 spiro atoms. The van der Waals surface area contributed by atoms with Crippen LogP contribution in [0.2, 0.25) is 0 Å². The quantitative estimate of drug-likeness (QED) is 0.557. The largest absolute Gasteiger partial charge is 0.342 e. The van der Waals surface area contributed by atoms with Gasteiger partial charge in [-0.2, -0.15) is 4.31 Å². The second kappa shape index (κ2) is 11.1. The molecule has 0 aromatic heterocycles. The SMILES string of the molecule is CCCCN1CC(C(=O)Nc2ccc(S(=O)(=O)N(CC(C)C)CC(C)C)cc2)CC1=O. The van der Waals surface area contributed by atoms with Crippen LogP contribution < -0.4 is 5.32 Å². The van der Waals surface area contributed by atoms with E-state index in [1.165, 1.54) is 16.4 Å². The van der Waals surface area contributed by atoms with Crippen LogP contribution in [0.1, 0.15) is 53.9 Å². The van der Waals surface area contributed by atoms with Gasteiger partial charge in [0, 0.05) is 38.3 Å². The fourth-order valence-electron chi connectivity index (χ4n) is 3.70. The number of rotatable bonds is 11. The zero-order chi connectivity index (χ0) is 23.2. The van der Waals surface area contributed by atoms with E-state index >= 15 is 0 Å². The molecule has 0 aliphatic carbocycles. The molecule has 2 amide bonds. The Balaban J connectivity index is 2.05. The van der Waals surface area contributed by atoms with Crippen molar-refractivity contribution in [2.75, 3.05) is 31.5 Å². The van der Waals surface area contributed by atoms with Crippen LogP contribution in [0.5, 0.6) is 0 Å². The summed E-state index contributed by atoms with van der Waals surface area (Å²) < 4.78 is 27.7. The molecular weight excluding hydrogens is 414 g/mol. The van der Waals surface area contributed by atoms with Crippen LogP contribution in [0, 0.1) is 17.8 Å². The summed E-state index contributed by atoms with van der Waals surface area (Å²) in [6.45, 7) is 12.1. The van der Waals surface area contributed by atoms with Gasteiger partial charge in [0.2, 0.25) is 21.8 Å². The fourth-order valence-corrected chi connectivity index (χ4v) is 5.47. The molecule has 174 valence electrons. The molecule has 1 aromatic carbocycles. The maximum Gasteiger partial charge on any atom is 0.243 e. The Morgan fingerprint density at radius 2 is 1.71 bits per heavy atom. The van der Waals surface area contributed by atoms with Gasteiger partial charge < -0.3 is 10.2 Å². The monoisotopic (exact) mass is 451 g/mol. The third-order valence-corrected chi connectivity index (χ3v) is 7.11. The molecule has 8 heteroatoms. The molecule has 1 unspecified atom stereocenters. The van der Waals surface area contributed by atoms with Gasteiger partial charge >= 0.3 is 0 Å². The Kier molecular flexibility index (Phi) is 9.06. The third-order valence-electron chi connectivity index (χ3n) is 5.26. The van der Waals surface area contributed by atoms with E-state index in [1.807, 2.05) is 27.7 Å². The summed E-state index contributed by atoms with van der Waals surface area (Å²) in [5.74, 6) is -0.119. The Labute approximate surface area is 187 Å². The van der Waals surface area contributed by atoms with Crippen molar-refractivity contribution in [2.24, 2.45) is 17.8 Å². The molecule has 0 radical (unpaired) electrons. The molecule has 1 aromatic rings. The number of hydrogen-bond donors (Lipinski definition) is 1. The van der Waals surface area contributed by atoms with Gasteiger partial charge in [0.1, 0.15) is 0 Å². The van der Waals surface area contributed by atoms with E-state index in [4.69, 9.17) is 0 Å². The first-order valence-electron chi connectivity index (χ1n) is 11.2. The molecular formula is C23H37N3O4S. The Bertz CT molecular complexity index is 840. The molecule has 1 atom stereocenters. The third kappa shape index (κ3) is 7.04.